The standard InChI is InChI=1S/C9H19N3O3S/c1-9(13)12-5-3-11(4-6-12)7-8-16(14,15)10-2/h10H,3-8H2,1-2H3. The second-order valence-electron chi connectivity index (χ2n) is 3.87. The van der Waals surface area contributed by atoms with Gasteiger partial charge in [0.2, 0.25) is 15.9 Å². The molecule has 0 radical (unpaired) electrons. The van der Waals surface area contributed by atoms with E-state index in [-0.39, 0.29) is 11.7 Å². The number of rotatable bonds is 4. The Balaban J connectivity index is 2.30. The number of sulfonamides is 1. The van der Waals surface area contributed by atoms with E-state index in [0.717, 1.165) is 13.1 Å². The molecule has 1 aliphatic heterocycles. The third-order valence-corrected chi connectivity index (χ3v) is 4.15. The fourth-order valence-electron chi connectivity index (χ4n) is 1.64. The van der Waals surface area contributed by atoms with Crippen molar-refractivity contribution in [2.45, 2.75) is 6.92 Å². The smallest absolute Gasteiger partial charge is 0.219 e. The zero-order valence-electron chi connectivity index (χ0n) is 9.77. The molecular weight excluding hydrogens is 230 g/mol. The number of hydrogen-bond acceptors (Lipinski definition) is 4. The van der Waals surface area contributed by atoms with Crippen LogP contribution in [-0.4, -0.2) is 69.6 Å². The fraction of sp³-hybridized carbons (Fsp3) is 0.889. The second-order valence-corrected chi connectivity index (χ2v) is 5.92. The summed E-state index contributed by atoms with van der Waals surface area (Å²) in [6.45, 7) is 4.96. The van der Waals surface area contributed by atoms with E-state index < -0.39 is 10.0 Å². The van der Waals surface area contributed by atoms with Gasteiger partial charge in [-0.3, -0.25) is 9.69 Å². The quantitative estimate of drug-likeness (QED) is 0.672. The lowest BCUT2D eigenvalue weighted by Gasteiger charge is -2.33. The van der Waals surface area contributed by atoms with Gasteiger partial charge in [-0.1, -0.05) is 0 Å². The van der Waals surface area contributed by atoms with Gasteiger partial charge in [-0.25, -0.2) is 13.1 Å². The first kappa shape index (κ1) is 13.4. The summed E-state index contributed by atoms with van der Waals surface area (Å²) in [5, 5.41) is 0. The Kier molecular flexibility index (Phi) is 4.69. The monoisotopic (exact) mass is 249 g/mol. The van der Waals surface area contributed by atoms with Crippen LogP contribution in [0.15, 0.2) is 0 Å². The van der Waals surface area contributed by atoms with Crippen LogP contribution in [-0.2, 0) is 14.8 Å². The minimum atomic E-state index is -3.12. The highest BCUT2D eigenvalue weighted by Gasteiger charge is 2.19. The molecule has 0 aliphatic carbocycles. The molecule has 0 aromatic carbocycles. The van der Waals surface area contributed by atoms with E-state index >= 15 is 0 Å². The highest BCUT2D eigenvalue weighted by Crippen LogP contribution is 2.02. The molecule has 1 saturated heterocycles. The maximum atomic E-state index is 11.2. The molecule has 0 saturated carbocycles. The van der Waals surface area contributed by atoms with Gasteiger partial charge in [0.25, 0.3) is 0 Å². The Bertz CT molecular complexity index is 334. The number of nitrogens with one attached hydrogen (secondary N) is 1. The molecule has 0 aromatic heterocycles. The molecule has 0 spiro atoms. The average Bonchev–Trinajstić information content (AvgIpc) is 2.27. The van der Waals surface area contributed by atoms with Gasteiger partial charge in [-0.15, -0.1) is 0 Å². The molecule has 1 heterocycles. The van der Waals surface area contributed by atoms with E-state index in [0.29, 0.717) is 19.6 Å². The van der Waals surface area contributed by atoms with E-state index in [1.165, 1.54) is 7.05 Å². The molecule has 94 valence electrons. The fourth-order valence-corrected chi connectivity index (χ4v) is 2.34. The maximum absolute atomic E-state index is 11.2. The van der Waals surface area contributed by atoms with E-state index in [2.05, 4.69) is 9.62 Å². The second kappa shape index (κ2) is 5.60. The first-order valence-corrected chi connectivity index (χ1v) is 6.99. The molecule has 1 aliphatic rings. The summed E-state index contributed by atoms with van der Waals surface area (Å²) < 4.78 is 24.7. The van der Waals surface area contributed by atoms with E-state index in [1.54, 1.807) is 11.8 Å². The lowest BCUT2D eigenvalue weighted by molar-refractivity contribution is -0.130. The summed E-state index contributed by atoms with van der Waals surface area (Å²) in [6, 6.07) is 0. The Morgan fingerprint density at radius 2 is 1.81 bits per heavy atom. The molecule has 1 fully saturated rings. The van der Waals surface area contributed by atoms with Gasteiger partial charge in [0.1, 0.15) is 0 Å². The molecule has 1 N–H and O–H groups in total. The normalized spacial score (nSPS) is 18.8. The molecule has 7 heteroatoms. The van der Waals surface area contributed by atoms with Crippen LogP contribution in [0.4, 0.5) is 0 Å². The Morgan fingerprint density at radius 1 is 1.25 bits per heavy atom. The first-order valence-electron chi connectivity index (χ1n) is 5.34. The molecule has 0 aromatic rings. The number of hydrogen-bond donors (Lipinski definition) is 1. The zero-order valence-corrected chi connectivity index (χ0v) is 10.6. The lowest BCUT2D eigenvalue weighted by atomic mass is 10.3. The molecular formula is C9H19N3O3S. The van der Waals surface area contributed by atoms with Crippen LogP contribution in [0.3, 0.4) is 0 Å². The predicted molar refractivity (Wildman–Crippen MR) is 61.5 cm³/mol. The first-order chi connectivity index (χ1) is 7.44. The number of carbonyl (C=O) groups is 1. The van der Waals surface area contributed by atoms with Crippen LogP contribution in [0, 0.1) is 0 Å². The third kappa shape index (κ3) is 4.07. The third-order valence-electron chi connectivity index (χ3n) is 2.80. The highest BCUT2D eigenvalue weighted by atomic mass is 32.2. The molecule has 6 nitrogen and oxygen atoms in total. The van der Waals surface area contributed by atoms with Gasteiger partial charge in [0.05, 0.1) is 5.75 Å². The molecule has 16 heavy (non-hydrogen) atoms. The molecule has 1 amide bonds. The van der Waals surface area contributed by atoms with Crippen LogP contribution in [0.5, 0.6) is 0 Å². The van der Waals surface area contributed by atoms with Gasteiger partial charge >= 0.3 is 0 Å². The number of piperazine rings is 1. The average molecular weight is 249 g/mol. The molecule has 0 unspecified atom stereocenters. The Hall–Kier alpha value is -0.660. The van der Waals surface area contributed by atoms with Crippen molar-refractivity contribution in [3.8, 4) is 0 Å². The van der Waals surface area contributed by atoms with Crippen molar-refractivity contribution in [2.75, 3.05) is 45.5 Å². The minimum Gasteiger partial charge on any atom is -0.340 e. The minimum absolute atomic E-state index is 0.0856. The summed E-state index contributed by atoms with van der Waals surface area (Å²) in [5.41, 5.74) is 0. The van der Waals surface area contributed by atoms with Gasteiger partial charge in [-0.2, -0.15) is 0 Å². The van der Waals surface area contributed by atoms with E-state index in [9.17, 15) is 13.2 Å². The van der Waals surface area contributed by atoms with Crippen LogP contribution in [0.2, 0.25) is 0 Å². The van der Waals surface area contributed by atoms with Gasteiger partial charge < -0.3 is 4.90 Å². The number of amides is 1. The van der Waals surface area contributed by atoms with Crippen LogP contribution < -0.4 is 4.72 Å². The zero-order chi connectivity index (χ0) is 12.2. The van der Waals surface area contributed by atoms with Crippen molar-refractivity contribution in [1.82, 2.24) is 14.5 Å². The summed E-state index contributed by atoms with van der Waals surface area (Å²) in [4.78, 5) is 14.9. The van der Waals surface area contributed by atoms with Crippen molar-refractivity contribution in [3.05, 3.63) is 0 Å². The van der Waals surface area contributed by atoms with Gasteiger partial charge in [0, 0.05) is 39.6 Å². The van der Waals surface area contributed by atoms with Crippen LogP contribution in [0.1, 0.15) is 6.92 Å². The van der Waals surface area contributed by atoms with Gasteiger partial charge in [-0.05, 0) is 7.05 Å². The highest BCUT2D eigenvalue weighted by molar-refractivity contribution is 7.89. The summed E-state index contributed by atoms with van der Waals surface area (Å²) in [7, 11) is -1.70. The molecule has 1 rings (SSSR count). The topological polar surface area (TPSA) is 69.7 Å². The maximum Gasteiger partial charge on any atom is 0.219 e. The largest absolute Gasteiger partial charge is 0.340 e. The summed E-state index contributed by atoms with van der Waals surface area (Å²) in [6.07, 6.45) is 0. The number of carbonyl (C=O) groups excluding carboxylic acids is 1. The Morgan fingerprint density at radius 3 is 2.25 bits per heavy atom. The predicted octanol–water partition coefficient (Wildman–Crippen LogP) is -1.30. The number of nitrogens with zero attached hydrogens (tertiary/aromatic N) is 2. The van der Waals surface area contributed by atoms with Crippen LogP contribution >= 0.6 is 0 Å². The van der Waals surface area contributed by atoms with Crippen molar-refractivity contribution in [1.29, 1.82) is 0 Å². The summed E-state index contributed by atoms with van der Waals surface area (Å²) in [5.74, 6) is 0.200. The van der Waals surface area contributed by atoms with Crippen molar-refractivity contribution in [3.63, 3.8) is 0 Å². The molecule has 0 bridgehead atoms. The van der Waals surface area contributed by atoms with Crippen molar-refractivity contribution >= 4 is 15.9 Å². The SMILES string of the molecule is CNS(=O)(=O)CCN1CCN(C(C)=O)CC1. The Labute approximate surface area is 96.6 Å². The summed E-state index contributed by atoms with van der Waals surface area (Å²) >= 11 is 0. The van der Waals surface area contributed by atoms with E-state index in [1.807, 2.05) is 0 Å². The lowest BCUT2D eigenvalue weighted by Crippen LogP contribution is -2.49. The van der Waals surface area contributed by atoms with Gasteiger partial charge in [0.15, 0.2) is 0 Å². The molecule has 0 atom stereocenters. The van der Waals surface area contributed by atoms with Crippen LogP contribution in [0.25, 0.3) is 0 Å². The van der Waals surface area contributed by atoms with Crippen molar-refractivity contribution < 1.29 is 13.2 Å². The van der Waals surface area contributed by atoms with E-state index in [4.69, 9.17) is 0 Å². The van der Waals surface area contributed by atoms with Crippen molar-refractivity contribution in [2.24, 2.45) is 0 Å².